The summed E-state index contributed by atoms with van der Waals surface area (Å²) in [5, 5.41) is 0. The first-order chi connectivity index (χ1) is 11.9. The van der Waals surface area contributed by atoms with Gasteiger partial charge in [0.25, 0.3) is 11.8 Å². The van der Waals surface area contributed by atoms with Crippen LogP contribution >= 0.6 is 0 Å². The number of likely N-dealkylation sites (tertiary alicyclic amines) is 2. The molecule has 2 heterocycles. The Morgan fingerprint density at radius 1 is 1.28 bits per heavy atom. The topological polar surface area (TPSA) is 42.0 Å². The number of alkyl halides is 2. The molecule has 5 nitrogen and oxygen atoms in total. The molecule has 1 aromatic carbocycles. The lowest BCUT2D eigenvalue weighted by Crippen LogP contribution is -2.63. The third-order valence-electron chi connectivity index (χ3n) is 4.64. The molecule has 2 saturated heterocycles. The summed E-state index contributed by atoms with van der Waals surface area (Å²) in [5.74, 6) is -2.89. The molecule has 3 rings (SSSR count). The molecule has 1 amide bonds. The van der Waals surface area contributed by atoms with Gasteiger partial charge < -0.3 is 14.4 Å². The first-order valence-electron chi connectivity index (χ1n) is 8.16. The molecule has 2 aliphatic heterocycles. The van der Waals surface area contributed by atoms with E-state index in [-0.39, 0.29) is 50.0 Å². The minimum atomic E-state index is -2.71. The Kier molecular flexibility index (Phi) is 5.19. The molecule has 0 unspecified atom stereocenters. The van der Waals surface area contributed by atoms with Gasteiger partial charge in [-0.05, 0) is 24.3 Å². The standard InChI is InChI=1S/C17H21F3N2O3/c1-24-9-13-6-17(19,20)11-22(13)14-7-21(8-14)16(23)10-25-15-4-2-12(18)3-5-15/h2-5,13-14H,6-11H2,1H3/t13-/m0/s1. The molecule has 1 aromatic rings. The van der Waals surface area contributed by atoms with E-state index in [0.717, 1.165) is 0 Å². The summed E-state index contributed by atoms with van der Waals surface area (Å²) in [6, 6.07) is 5.00. The summed E-state index contributed by atoms with van der Waals surface area (Å²) >= 11 is 0. The molecule has 0 bridgehead atoms. The zero-order valence-electron chi connectivity index (χ0n) is 14.0. The summed E-state index contributed by atoms with van der Waals surface area (Å²) in [5.41, 5.74) is 0. The predicted octanol–water partition coefficient (Wildman–Crippen LogP) is 1.77. The van der Waals surface area contributed by atoms with E-state index in [9.17, 15) is 18.0 Å². The Morgan fingerprint density at radius 2 is 1.96 bits per heavy atom. The van der Waals surface area contributed by atoms with Crippen LogP contribution in [0, 0.1) is 5.82 Å². The number of hydrogen-bond acceptors (Lipinski definition) is 4. The molecule has 0 N–H and O–H groups in total. The molecule has 0 saturated carbocycles. The summed E-state index contributed by atoms with van der Waals surface area (Å²) in [7, 11) is 1.50. The number of benzene rings is 1. The molecule has 2 aliphatic rings. The van der Waals surface area contributed by atoms with Gasteiger partial charge in [-0.2, -0.15) is 0 Å². The van der Waals surface area contributed by atoms with Gasteiger partial charge >= 0.3 is 0 Å². The molecule has 1 atom stereocenters. The second-order valence-corrected chi connectivity index (χ2v) is 6.54. The normalized spacial score (nSPS) is 23.5. The van der Waals surface area contributed by atoms with Gasteiger partial charge in [0.05, 0.1) is 13.2 Å². The van der Waals surface area contributed by atoms with Gasteiger partial charge in [0.2, 0.25) is 0 Å². The third kappa shape index (κ3) is 4.24. The number of rotatable bonds is 6. The van der Waals surface area contributed by atoms with Crippen molar-refractivity contribution in [3.63, 3.8) is 0 Å². The summed E-state index contributed by atoms with van der Waals surface area (Å²) in [6.07, 6.45) is -0.209. The zero-order chi connectivity index (χ0) is 18.0. The highest BCUT2D eigenvalue weighted by molar-refractivity contribution is 5.78. The Morgan fingerprint density at radius 3 is 2.60 bits per heavy atom. The van der Waals surface area contributed by atoms with Crippen molar-refractivity contribution < 1.29 is 27.4 Å². The zero-order valence-corrected chi connectivity index (χ0v) is 14.0. The summed E-state index contributed by atoms with van der Waals surface area (Å²) in [6.45, 7) is 0.618. The lowest BCUT2D eigenvalue weighted by molar-refractivity contribution is -0.141. The first-order valence-corrected chi connectivity index (χ1v) is 8.16. The van der Waals surface area contributed by atoms with E-state index >= 15 is 0 Å². The highest BCUT2D eigenvalue weighted by atomic mass is 19.3. The van der Waals surface area contributed by atoms with Crippen molar-refractivity contribution in [1.82, 2.24) is 9.80 Å². The van der Waals surface area contributed by atoms with Gasteiger partial charge in [-0.15, -0.1) is 0 Å². The van der Waals surface area contributed by atoms with Crippen LogP contribution < -0.4 is 4.74 Å². The smallest absolute Gasteiger partial charge is 0.262 e. The fourth-order valence-electron chi connectivity index (χ4n) is 3.33. The van der Waals surface area contributed by atoms with E-state index in [1.165, 1.54) is 31.4 Å². The van der Waals surface area contributed by atoms with Crippen molar-refractivity contribution in [2.45, 2.75) is 24.4 Å². The highest BCUT2D eigenvalue weighted by Gasteiger charge is 2.50. The van der Waals surface area contributed by atoms with Crippen molar-refractivity contribution in [2.75, 3.05) is 40.0 Å². The van der Waals surface area contributed by atoms with Gasteiger partial charge in [0.1, 0.15) is 11.6 Å². The number of carbonyl (C=O) groups is 1. The fraction of sp³-hybridized carbons (Fsp3) is 0.588. The van der Waals surface area contributed by atoms with Gasteiger partial charge in [-0.3, -0.25) is 9.69 Å². The van der Waals surface area contributed by atoms with E-state index in [1.54, 1.807) is 9.80 Å². The fourth-order valence-corrected chi connectivity index (χ4v) is 3.33. The number of halogens is 3. The maximum absolute atomic E-state index is 13.7. The van der Waals surface area contributed by atoms with E-state index in [4.69, 9.17) is 9.47 Å². The largest absolute Gasteiger partial charge is 0.484 e. The van der Waals surface area contributed by atoms with Crippen LogP contribution in [0.15, 0.2) is 24.3 Å². The van der Waals surface area contributed by atoms with Crippen LogP contribution in [0.5, 0.6) is 5.75 Å². The molecule has 0 aliphatic carbocycles. The lowest BCUT2D eigenvalue weighted by Gasteiger charge is -2.45. The quantitative estimate of drug-likeness (QED) is 0.777. The lowest BCUT2D eigenvalue weighted by atomic mass is 10.1. The average molecular weight is 358 g/mol. The molecule has 138 valence electrons. The van der Waals surface area contributed by atoms with E-state index in [1.807, 2.05) is 0 Å². The van der Waals surface area contributed by atoms with Gasteiger partial charge in [0.15, 0.2) is 6.61 Å². The third-order valence-corrected chi connectivity index (χ3v) is 4.64. The maximum atomic E-state index is 13.7. The summed E-state index contributed by atoms with van der Waals surface area (Å²) in [4.78, 5) is 15.4. The van der Waals surface area contributed by atoms with Crippen LogP contribution in [-0.2, 0) is 9.53 Å². The van der Waals surface area contributed by atoms with Crippen LogP contribution in [0.25, 0.3) is 0 Å². The molecule has 0 spiro atoms. The minimum absolute atomic E-state index is 0.0803. The predicted molar refractivity (Wildman–Crippen MR) is 84.2 cm³/mol. The van der Waals surface area contributed by atoms with Crippen LogP contribution in [-0.4, -0.2) is 73.7 Å². The van der Waals surface area contributed by atoms with E-state index in [2.05, 4.69) is 0 Å². The molecule has 8 heteroatoms. The van der Waals surface area contributed by atoms with Gasteiger partial charge in [-0.25, -0.2) is 13.2 Å². The minimum Gasteiger partial charge on any atom is -0.484 e. The van der Waals surface area contributed by atoms with Gasteiger partial charge in [-0.1, -0.05) is 0 Å². The molecule has 2 fully saturated rings. The Labute approximate surface area is 144 Å². The Bertz CT molecular complexity index is 606. The van der Waals surface area contributed by atoms with Crippen LogP contribution in [0.2, 0.25) is 0 Å². The Hall–Kier alpha value is -1.80. The van der Waals surface area contributed by atoms with Crippen molar-refractivity contribution in [3.05, 3.63) is 30.1 Å². The number of amides is 1. The second-order valence-electron chi connectivity index (χ2n) is 6.54. The number of nitrogens with zero attached hydrogens (tertiary/aromatic N) is 2. The maximum Gasteiger partial charge on any atom is 0.262 e. The summed E-state index contributed by atoms with van der Waals surface area (Å²) < 4.78 is 50.5. The van der Waals surface area contributed by atoms with Crippen molar-refractivity contribution in [1.29, 1.82) is 0 Å². The average Bonchev–Trinajstić information content (AvgIpc) is 2.80. The molecule has 25 heavy (non-hydrogen) atoms. The highest BCUT2D eigenvalue weighted by Crippen LogP contribution is 2.35. The monoisotopic (exact) mass is 358 g/mol. The molecular formula is C17H21F3N2O3. The van der Waals surface area contributed by atoms with Crippen LogP contribution in [0.4, 0.5) is 13.2 Å². The molecule has 0 aromatic heterocycles. The number of carbonyl (C=O) groups excluding carboxylic acids is 1. The van der Waals surface area contributed by atoms with Crippen molar-refractivity contribution >= 4 is 5.91 Å². The van der Waals surface area contributed by atoms with E-state index < -0.39 is 5.92 Å². The molecule has 0 radical (unpaired) electrons. The van der Waals surface area contributed by atoms with Crippen molar-refractivity contribution in [2.24, 2.45) is 0 Å². The number of methoxy groups -OCH3 is 1. The van der Waals surface area contributed by atoms with E-state index in [0.29, 0.717) is 18.8 Å². The van der Waals surface area contributed by atoms with Crippen LogP contribution in [0.1, 0.15) is 6.42 Å². The van der Waals surface area contributed by atoms with Crippen LogP contribution in [0.3, 0.4) is 0 Å². The SMILES string of the molecule is COC[C@@H]1CC(F)(F)CN1C1CN(C(=O)COc2ccc(F)cc2)C1. The number of hydrogen-bond donors (Lipinski definition) is 0. The first kappa shape index (κ1) is 18.0. The van der Waals surface area contributed by atoms with Crippen molar-refractivity contribution in [3.8, 4) is 5.75 Å². The Balaban J connectivity index is 1.46. The number of ether oxygens (including phenoxy) is 2. The second kappa shape index (κ2) is 7.21. The van der Waals surface area contributed by atoms with Gasteiger partial charge in [0, 0.05) is 38.7 Å². The molecular weight excluding hydrogens is 337 g/mol.